The molecule has 140 valence electrons. The first-order chi connectivity index (χ1) is 13.0. The molecular formula is C18H17Cl2N5O2. The maximum Gasteiger partial charge on any atom is 0.246 e. The number of nitrogens with zero attached hydrogens (tertiary/aromatic N) is 5. The topological polar surface area (TPSA) is 73.1 Å². The van der Waals surface area contributed by atoms with E-state index in [1.165, 1.54) is 9.70 Å². The molecular weight excluding hydrogens is 389 g/mol. The number of tetrazole rings is 1. The number of benzene rings is 2. The summed E-state index contributed by atoms with van der Waals surface area (Å²) in [5.41, 5.74) is 0.767. The van der Waals surface area contributed by atoms with Crippen molar-refractivity contribution in [2.24, 2.45) is 0 Å². The second kappa shape index (κ2) is 8.83. The highest BCUT2D eigenvalue weighted by Gasteiger charge is 2.15. The van der Waals surface area contributed by atoms with E-state index in [2.05, 4.69) is 15.4 Å². The Morgan fingerprint density at radius 2 is 1.93 bits per heavy atom. The number of ether oxygens (including phenoxy) is 1. The zero-order valence-corrected chi connectivity index (χ0v) is 16.1. The van der Waals surface area contributed by atoms with Gasteiger partial charge < -0.3 is 9.64 Å². The van der Waals surface area contributed by atoms with Gasteiger partial charge >= 0.3 is 0 Å². The molecule has 0 N–H and O–H groups in total. The molecule has 2 aromatic carbocycles. The Balaban J connectivity index is 1.54. The molecule has 0 unspecified atom stereocenters. The van der Waals surface area contributed by atoms with Gasteiger partial charge in [-0.25, -0.2) is 0 Å². The Morgan fingerprint density at radius 3 is 2.70 bits per heavy atom. The standard InChI is InChI=1S/C18H17Cl2N5O2/c1-24(10-13-6-5-9-15(19)18(13)20)17(26)11-25-22-16(21-23-25)12-27-14-7-3-2-4-8-14/h2-9H,10-12H2,1H3. The van der Waals surface area contributed by atoms with Crippen molar-refractivity contribution < 1.29 is 9.53 Å². The third kappa shape index (κ3) is 5.18. The summed E-state index contributed by atoms with van der Waals surface area (Å²) >= 11 is 12.2. The van der Waals surface area contributed by atoms with Crippen molar-refractivity contribution >= 4 is 29.1 Å². The maximum atomic E-state index is 12.4. The number of hydrogen-bond acceptors (Lipinski definition) is 5. The van der Waals surface area contributed by atoms with Crippen molar-refractivity contribution in [2.75, 3.05) is 7.05 Å². The lowest BCUT2D eigenvalue weighted by atomic mass is 10.2. The zero-order valence-electron chi connectivity index (χ0n) is 14.5. The molecule has 27 heavy (non-hydrogen) atoms. The molecule has 0 radical (unpaired) electrons. The third-order valence-corrected chi connectivity index (χ3v) is 4.60. The second-order valence-corrected chi connectivity index (χ2v) is 6.59. The van der Waals surface area contributed by atoms with Crippen molar-refractivity contribution in [1.82, 2.24) is 25.1 Å². The number of carbonyl (C=O) groups excluding carboxylic acids is 1. The van der Waals surface area contributed by atoms with Gasteiger partial charge in [0.05, 0.1) is 10.0 Å². The van der Waals surface area contributed by atoms with Crippen LogP contribution in [-0.2, 0) is 24.5 Å². The predicted molar refractivity (Wildman–Crippen MR) is 102 cm³/mol. The summed E-state index contributed by atoms with van der Waals surface area (Å²) in [5, 5.41) is 12.8. The van der Waals surface area contributed by atoms with Crippen molar-refractivity contribution in [3.05, 3.63) is 70.0 Å². The number of hydrogen-bond donors (Lipinski definition) is 0. The van der Waals surface area contributed by atoms with Gasteiger partial charge in [-0.1, -0.05) is 53.5 Å². The maximum absolute atomic E-state index is 12.4. The van der Waals surface area contributed by atoms with Gasteiger partial charge in [-0.15, -0.1) is 10.2 Å². The van der Waals surface area contributed by atoms with Crippen molar-refractivity contribution in [3.8, 4) is 5.75 Å². The molecule has 0 saturated heterocycles. The average Bonchev–Trinajstić information content (AvgIpc) is 3.12. The van der Waals surface area contributed by atoms with E-state index in [0.717, 1.165) is 5.56 Å². The molecule has 0 fully saturated rings. The largest absolute Gasteiger partial charge is 0.485 e. The van der Waals surface area contributed by atoms with Crippen LogP contribution in [0.25, 0.3) is 0 Å². The van der Waals surface area contributed by atoms with Crippen LogP contribution in [0.4, 0.5) is 0 Å². The van der Waals surface area contributed by atoms with E-state index in [4.69, 9.17) is 27.9 Å². The molecule has 0 bridgehead atoms. The van der Waals surface area contributed by atoms with Gasteiger partial charge in [-0.3, -0.25) is 4.79 Å². The monoisotopic (exact) mass is 405 g/mol. The molecule has 0 aliphatic heterocycles. The molecule has 3 rings (SSSR count). The average molecular weight is 406 g/mol. The van der Waals surface area contributed by atoms with Crippen molar-refractivity contribution in [3.63, 3.8) is 0 Å². The minimum Gasteiger partial charge on any atom is -0.485 e. The van der Waals surface area contributed by atoms with Gasteiger partial charge in [0.2, 0.25) is 11.7 Å². The lowest BCUT2D eigenvalue weighted by molar-refractivity contribution is -0.131. The van der Waals surface area contributed by atoms with E-state index in [-0.39, 0.29) is 19.1 Å². The number of aromatic nitrogens is 4. The molecule has 0 saturated carbocycles. The van der Waals surface area contributed by atoms with Crippen molar-refractivity contribution in [1.29, 1.82) is 0 Å². The van der Waals surface area contributed by atoms with Crippen LogP contribution in [0, 0.1) is 0 Å². The molecule has 0 aliphatic carbocycles. The third-order valence-electron chi connectivity index (χ3n) is 3.75. The summed E-state index contributed by atoms with van der Waals surface area (Å²) in [6, 6.07) is 14.6. The number of para-hydroxylation sites is 1. The van der Waals surface area contributed by atoms with Crippen LogP contribution >= 0.6 is 23.2 Å². The van der Waals surface area contributed by atoms with E-state index in [1.807, 2.05) is 36.4 Å². The molecule has 1 heterocycles. The molecule has 3 aromatic rings. The van der Waals surface area contributed by atoms with E-state index < -0.39 is 0 Å². The fraction of sp³-hybridized carbons (Fsp3) is 0.222. The van der Waals surface area contributed by atoms with Crippen LogP contribution in [-0.4, -0.2) is 38.1 Å². The summed E-state index contributed by atoms with van der Waals surface area (Å²) in [7, 11) is 1.68. The lowest BCUT2D eigenvalue weighted by Crippen LogP contribution is -2.30. The van der Waals surface area contributed by atoms with Gasteiger partial charge in [0.15, 0.2) is 6.61 Å². The molecule has 1 amide bonds. The first-order valence-corrected chi connectivity index (χ1v) is 8.90. The van der Waals surface area contributed by atoms with E-state index in [9.17, 15) is 4.79 Å². The molecule has 0 atom stereocenters. The number of halogens is 2. The summed E-state index contributed by atoms with van der Waals surface area (Å²) in [6.07, 6.45) is 0. The van der Waals surface area contributed by atoms with E-state index >= 15 is 0 Å². The number of carbonyl (C=O) groups is 1. The number of likely N-dealkylation sites (N-methyl/N-ethyl adjacent to an activating group) is 1. The minimum absolute atomic E-state index is 0.0347. The van der Waals surface area contributed by atoms with E-state index in [1.54, 1.807) is 19.2 Å². The van der Waals surface area contributed by atoms with Crippen molar-refractivity contribution in [2.45, 2.75) is 19.7 Å². The SMILES string of the molecule is CN(Cc1cccc(Cl)c1Cl)C(=O)Cn1nnc(COc2ccccc2)n1. The van der Waals surface area contributed by atoms with Crippen LogP contribution in [0.5, 0.6) is 5.75 Å². The Bertz CT molecular complexity index is 917. The quantitative estimate of drug-likeness (QED) is 0.603. The second-order valence-electron chi connectivity index (χ2n) is 5.80. The lowest BCUT2D eigenvalue weighted by Gasteiger charge is -2.17. The minimum atomic E-state index is -0.182. The van der Waals surface area contributed by atoms with Crippen LogP contribution in [0.3, 0.4) is 0 Å². The van der Waals surface area contributed by atoms with Crippen LogP contribution in [0.15, 0.2) is 48.5 Å². The van der Waals surface area contributed by atoms with E-state index in [0.29, 0.717) is 28.2 Å². The van der Waals surface area contributed by atoms with Crippen LogP contribution in [0.2, 0.25) is 10.0 Å². The molecule has 0 aliphatic rings. The number of rotatable bonds is 7. The molecule has 1 aromatic heterocycles. The van der Waals surface area contributed by atoms with Gasteiger partial charge in [0.25, 0.3) is 0 Å². The van der Waals surface area contributed by atoms with Gasteiger partial charge in [0, 0.05) is 13.6 Å². The fourth-order valence-electron chi connectivity index (χ4n) is 2.32. The Morgan fingerprint density at radius 1 is 1.15 bits per heavy atom. The summed E-state index contributed by atoms with van der Waals surface area (Å²) in [6.45, 7) is 0.468. The zero-order chi connectivity index (χ0) is 19.2. The van der Waals surface area contributed by atoms with Crippen LogP contribution in [0.1, 0.15) is 11.4 Å². The first-order valence-electron chi connectivity index (χ1n) is 8.14. The predicted octanol–water partition coefficient (Wildman–Crippen LogP) is 3.22. The van der Waals surface area contributed by atoms with Crippen LogP contribution < -0.4 is 4.74 Å². The molecule has 9 heteroatoms. The summed E-state index contributed by atoms with van der Waals surface area (Å²) < 4.78 is 5.56. The van der Waals surface area contributed by atoms with Gasteiger partial charge in [-0.05, 0) is 29.0 Å². The Kier molecular flexibility index (Phi) is 6.26. The highest BCUT2D eigenvalue weighted by Crippen LogP contribution is 2.26. The Hall–Kier alpha value is -2.64. The highest BCUT2D eigenvalue weighted by atomic mass is 35.5. The van der Waals surface area contributed by atoms with Gasteiger partial charge in [0.1, 0.15) is 12.3 Å². The summed E-state index contributed by atoms with van der Waals surface area (Å²) in [4.78, 5) is 15.2. The first kappa shape index (κ1) is 19.1. The highest BCUT2D eigenvalue weighted by molar-refractivity contribution is 6.42. The smallest absolute Gasteiger partial charge is 0.246 e. The van der Waals surface area contributed by atoms with Gasteiger partial charge in [-0.2, -0.15) is 4.80 Å². The normalized spacial score (nSPS) is 10.6. The number of amides is 1. The fourth-order valence-corrected chi connectivity index (χ4v) is 2.70. The molecule has 7 nitrogen and oxygen atoms in total. The summed E-state index contributed by atoms with van der Waals surface area (Å²) in [5.74, 6) is 0.925. The Labute approximate surface area is 166 Å². The molecule has 0 spiro atoms.